The number of nitrogens with zero attached hydrogens (tertiary/aromatic N) is 3. The molecule has 3 rings (SSSR count). The quantitative estimate of drug-likeness (QED) is 0.210. The molecule has 160 valence electrons. The van der Waals surface area contributed by atoms with Crippen LogP contribution >= 0.6 is 0 Å². The Bertz CT molecular complexity index is 946. The SMILES string of the molecule is C=CCO[C@@H]1OC[C@H](N=[N+]=[N-])[C@H](OC(=O)c2ccccc2)C1OC(=O)c1ccccc1. The maximum Gasteiger partial charge on any atom is 0.338 e. The Kier molecular flexibility index (Phi) is 7.78. The van der Waals surface area contributed by atoms with E-state index >= 15 is 0 Å². The number of carbonyl (C=O) groups is 2. The first-order valence-corrected chi connectivity index (χ1v) is 9.54. The highest BCUT2D eigenvalue weighted by molar-refractivity contribution is 5.90. The van der Waals surface area contributed by atoms with E-state index in [0.29, 0.717) is 11.1 Å². The number of esters is 2. The molecule has 1 aliphatic heterocycles. The van der Waals surface area contributed by atoms with Gasteiger partial charge in [0.25, 0.3) is 0 Å². The smallest absolute Gasteiger partial charge is 0.338 e. The second kappa shape index (κ2) is 10.9. The minimum atomic E-state index is -1.18. The lowest BCUT2D eigenvalue weighted by atomic mass is 10.0. The highest BCUT2D eigenvalue weighted by Crippen LogP contribution is 2.26. The highest BCUT2D eigenvalue weighted by Gasteiger charge is 2.46. The lowest BCUT2D eigenvalue weighted by Gasteiger charge is -2.39. The van der Waals surface area contributed by atoms with E-state index in [0.717, 1.165) is 0 Å². The molecule has 9 nitrogen and oxygen atoms in total. The molecule has 2 aromatic rings. The molecule has 0 aliphatic carbocycles. The monoisotopic (exact) mass is 423 g/mol. The van der Waals surface area contributed by atoms with Gasteiger partial charge in [0, 0.05) is 4.91 Å². The zero-order valence-electron chi connectivity index (χ0n) is 16.6. The molecular formula is C22H21N3O6. The summed E-state index contributed by atoms with van der Waals surface area (Å²) in [5.74, 6) is -1.32. The molecule has 4 atom stereocenters. The molecule has 1 aliphatic rings. The molecule has 0 amide bonds. The molecule has 1 saturated heterocycles. The van der Waals surface area contributed by atoms with Gasteiger partial charge in [0.15, 0.2) is 18.5 Å². The van der Waals surface area contributed by atoms with Crippen molar-refractivity contribution in [2.45, 2.75) is 24.5 Å². The highest BCUT2D eigenvalue weighted by atomic mass is 16.7. The molecule has 0 saturated carbocycles. The summed E-state index contributed by atoms with van der Waals surface area (Å²) in [5.41, 5.74) is 9.54. The van der Waals surface area contributed by atoms with Gasteiger partial charge in [0.05, 0.1) is 24.3 Å². The van der Waals surface area contributed by atoms with E-state index in [2.05, 4.69) is 16.6 Å². The van der Waals surface area contributed by atoms with Gasteiger partial charge in [-0.25, -0.2) is 9.59 Å². The van der Waals surface area contributed by atoms with Crippen molar-refractivity contribution < 1.29 is 28.5 Å². The number of ether oxygens (including phenoxy) is 4. The Morgan fingerprint density at radius 1 is 1.03 bits per heavy atom. The van der Waals surface area contributed by atoms with Crippen molar-refractivity contribution in [1.29, 1.82) is 0 Å². The zero-order valence-corrected chi connectivity index (χ0v) is 16.6. The summed E-state index contributed by atoms with van der Waals surface area (Å²) < 4.78 is 22.5. The summed E-state index contributed by atoms with van der Waals surface area (Å²) in [7, 11) is 0. The average molecular weight is 423 g/mol. The third kappa shape index (κ3) is 5.70. The van der Waals surface area contributed by atoms with E-state index in [9.17, 15) is 9.59 Å². The molecule has 2 aromatic carbocycles. The van der Waals surface area contributed by atoms with Crippen molar-refractivity contribution in [2.75, 3.05) is 13.2 Å². The maximum absolute atomic E-state index is 12.7. The van der Waals surface area contributed by atoms with E-state index in [4.69, 9.17) is 24.5 Å². The van der Waals surface area contributed by atoms with Crippen LogP contribution in [0.5, 0.6) is 0 Å². The fourth-order valence-corrected chi connectivity index (χ4v) is 3.03. The van der Waals surface area contributed by atoms with Crippen molar-refractivity contribution in [3.05, 3.63) is 94.9 Å². The topological polar surface area (TPSA) is 120 Å². The number of hydrogen-bond donors (Lipinski definition) is 0. The van der Waals surface area contributed by atoms with Crippen LogP contribution in [0.15, 0.2) is 78.4 Å². The molecule has 1 heterocycles. The fraction of sp³-hybridized carbons (Fsp3) is 0.273. The Balaban J connectivity index is 1.89. The van der Waals surface area contributed by atoms with Crippen LogP contribution in [-0.4, -0.2) is 49.7 Å². The zero-order chi connectivity index (χ0) is 22.1. The summed E-state index contributed by atoms with van der Waals surface area (Å²) in [6.07, 6.45) is -1.85. The molecule has 0 N–H and O–H groups in total. The number of rotatable bonds is 8. The molecule has 1 fully saturated rings. The number of benzene rings is 2. The third-order valence-electron chi connectivity index (χ3n) is 4.49. The Hall–Kier alpha value is -3.65. The van der Waals surface area contributed by atoms with Gasteiger partial charge in [0.2, 0.25) is 0 Å². The van der Waals surface area contributed by atoms with Gasteiger partial charge in [0.1, 0.15) is 6.04 Å². The maximum atomic E-state index is 12.7. The van der Waals surface area contributed by atoms with Crippen LogP contribution in [0, 0.1) is 0 Å². The normalized spacial score (nSPS) is 22.6. The summed E-state index contributed by atoms with van der Waals surface area (Å²) >= 11 is 0. The second-order valence-electron chi connectivity index (χ2n) is 6.57. The predicted octanol–water partition coefficient (Wildman–Crippen LogP) is 3.68. The van der Waals surface area contributed by atoms with Gasteiger partial charge in [-0.1, -0.05) is 47.6 Å². The number of hydrogen-bond acceptors (Lipinski definition) is 7. The first kappa shape index (κ1) is 22.0. The van der Waals surface area contributed by atoms with Gasteiger partial charge in [-0.05, 0) is 29.8 Å². The van der Waals surface area contributed by atoms with E-state index in [1.54, 1.807) is 60.7 Å². The predicted molar refractivity (Wildman–Crippen MR) is 110 cm³/mol. The first-order valence-electron chi connectivity index (χ1n) is 9.54. The van der Waals surface area contributed by atoms with Crippen LogP contribution in [0.3, 0.4) is 0 Å². The van der Waals surface area contributed by atoms with Gasteiger partial charge in [-0.3, -0.25) is 0 Å². The minimum Gasteiger partial charge on any atom is -0.454 e. The van der Waals surface area contributed by atoms with Gasteiger partial charge in [-0.2, -0.15) is 0 Å². The van der Waals surface area contributed by atoms with Crippen LogP contribution in [-0.2, 0) is 18.9 Å². The van der Waals surface area contributed by atoms with Crippen LogP contribution in [0.4, 0.5) is 0 Å². The van der Waals surface area contributed by atoms with Gasteiger partial charge >= 0.3 is 11.9 Å². The number of azide groups is 1. The van der Waals surface area contributed by atoms with Crippen LogP contribution in [0.25, 0.3) is 10.4 Å². The summed E-state index contributed by atoms with van der Waals surface area (Å²) in [4.78, 5) is 28.2. The second-order valence-corrected chi connectivity index (χ2v) is 6.57. The Labute approximate surface area is 178 Å². The van der Waals surface area contributed by atoms with Crippen LogP contribution in [0.1, 0.15) is 20.7 Å². The Morgan fingerprint density at radius 2 is 1.58 bits per heavy atom. The van der Waals surface area contributed by atoms with Gasteiger partial charge < -0.3 is 18.9 Å². The third-order valence-corrected chi connectivity index (χ3v) is 4.49. The van der Waals surface area contributed by atoms with Crippen LogP contribution in [0.2, 0.25) is 0 Å². The Morgan fingerprint density at radius 3 is 2.10 bits per heavy atom. The van der Waals surface area contributed by atoms with Crippen molar-refractivity contribution >= 4 is 11.9 Å². The van der Waals surface area contributed by atoms with Gasteiger partial charge in [-0.15, -0.1) is 6.58 Å². The summed E-state index contributed by atoms with van der Waals surface area (Å²) in [6, 6.07) is 15.7. The van der Waals surface area contributed by atoms with E-state index < -0.39 is 36.5 Å². The lowest BCUT2D eigenvalue weighted by Crippen LogP contribution is -2.56. The molecule has 9 heteroatoms. The molecule has 31 heavy (non-hydrogen) atoms. The largest absolute Gasteiger partial charge is 0.454 e. The molecule has 0 bridgehead atoms. The van der Waals surface area contributed by atoms with Crippen molar-refractivity contribution in [2.24, 2.45) is 5.11 Å². The number of carbonyl (C=O) groups excluding carboxylic acids is 2. The summed E-state index contributed by atoms with van der Waals surface area (Å²) in [5, 5.41) is 3.67. The van der Waals surface area contributed by atoms with Crippen molar-refractivity contribution in [1.82, 2.24) is 0 Å². The summed E-state index contributed by atoms with van der Waals surface area (Å²) in [6.45, 7) is 3.61. The van der Waals surface area contributed by atoms with Crippen molar-refractivity contribution in [3.63, 3.8) is 0 Å². The standard InChI is InChI=1S/C22H21N3O6/c1-2-13-28-22-19(31-21(27)16-11-7-4-8-12-16)18(17(14-29-22)24-25-23)30-20(26)15-9-5-3-6-10-15/h2-12,17-19,22H,1,13-14H2/t17-,18-,19?,22+/m0/s1. The lowest BCUT2D eigenvalue weighted by molar-refractivity contribution is -0.243. The van der Waals surface area contributed by atoms with Crippen molar-refractivity contribution in [3.8, 4) is 0 Å². The minimum absolute atomic E-state index is 0.0853. The molecule has 0 aromatic heterocycles. The first-order chi connectivity index (χ1) is 15.1. The molecule has 1 unspecified atom stereocenters. The van der Waals surface area contributed by atoms with E-state index in [-0.39, 0.29) is 13.2 Å². The molecule has 0 spiro atoms. The molecular weight excluding hydrogens is 402 g/mol. The van der Waals surface area contributed by atoms with E-state index in [1.807, 2.05) is 0 Å². The fourth-order valence-electron chi connectivity index (χ4n) is 3.03. The van der Waals surface area contributed by atoms with E-state index in [1.165, 1.54) is 6.08 Å². The van der Waals surface area contributed by atoms with Crippen LogP contribution < -0.4 is 0 Å². The average Bonchev–Trinajstić information content (AvgIpc) is 2.81. The molecule has 0 radical (unpaired) electrons.